The molecule has 0 aliphatic carbocycles. The van der Waals surface area contributed by atoms with Gasteiger partial charge in [0.05, 0.1) is 4.75 Å². The van der Waals surface area contributed by atoms with E-state index in [4.69, 9.17) is 9.72 Å². The van der Waals surface area contributed by atoms with Crippen LogP contribution in [0.15, 0.2) is 58.5 Å². The van der Waals surface area contributed by atoms with Crippen LogP contribution >= 0.6 is 11.8 Å². The van der Waals surface area contributed by atoms with Crippen molar-refractivity contribution < 1.29 is 4.74 Å². The number of rotatable bonds is 6. The van der Waals surface area contributed by atoms with Gasteiger partial charge in [0.15, 0.2) is 16.6 Å². The Balaban J connectivity index is 1.72. The summed E-state index contributed by atoms with van der Waals surface area (Å²) in [4.78, 5) is 21.8. The van der Waals surface area contributed by atoms with Gasteiger partial charge in [0.2, 0.25) is 0 Å². The Morgan fingerprint density at radius 2 is 1.47 bits per heavy atom. The highest BCUT2D eigenvalue weighted by Gasteiger charge is 2.41. The summed E-state index contributed by atoms with van der Waals surface area (Å²) < 4.78 is 7.78. The van der Waals surface area contributed by atoms with Crippen molar-refractivity contribution in [1.82, 2.24) is 19.6 Å². The van der Waals surface area contributed by atoms with Gasteiger partial charge in [-0.3, -0.25) is 9.89 Å². The highest BCUT2D eigenvalue weighted by atomic mass is 32.2. The van der Waals surface area contributed by atoms with Gasteiger partial charge in [0.25, 0.3) is 5.56 Å². The standard InChI is InChI=1S/C29H36N4O2S/c1-18-14-19(2)16-22(15-18)35-28(6,7)29(8,9)36-26-31-25(30-23-17-24(34)32-33(23)26)20-10-12-21(13-11-20)27(3,4)5/h10-17H,1-9H3,(H,32,34). The predicted octanol–water partition coefficient (Wildman–Crippen LogP) is 6.73. The van der Waals surface area contributed by atoms with E-state index in [0.29, 0.717) is 16.6 Å². The first-order chi connectivity index (χ1) is 16.6. The minimum atomic E-state index is -0.558. The lowest BCUT2D eigenvalue weighted by Crippen LogP contribution is -2.47. The molecule has 7 heteroatoms. The molecule has 2 aromatic heterocycles. The number of aromatic amines is 1. The Morgan fingerprint density at radius 3 is 2.06 bits per heavy atom. The molecule has 6 nitrogen and oxygen atoms in total. The minimum absolute atomic E-state index is 0.0593. The molecule has 4 aromatic rings. The molecule has 1 N–H and O–H groups in total. The van der Waals surface area contributed by atoms with Crippen molar-refractivity contribution in [2.75, 3.05) is 0 Å². The highest BCUT2D eigenvalue weighted by molar-refractivity contribution is 8.00. The van der Waals surface area contributed by atoms with E-state index in [9.17, 15) is 4.79 Å². The molecule has 36 heavy (non-hydrogen) atoms. The van der Waals surface area contributed by atoms with Crippen molar-refractivity contribution in [2.45, 2.75) is 83.2 Å². The Labute approximate surface area is 217 Å². The fourth-order valence-electron chi connectivity index (χ4n) is 3.96. The van der Waals surface area contributed by atoms with Crippen LogP contribution < -0.4 is 10.3 Å². The number of benzene rings is 2. The number of H-pyrrole nitrogens is 1. The number of fused-ring (bicyclic) bond motifs is 1. The Kier molecular flexibility index (Phi) is 6.58. The lowest BCUT2D eigenvalue weighted by atomic mass is 9.87. The van der Waals surface area contributed by atoms with E-state index in [1.807, 2.05) is 12.1 Å². The lowest BCUT2D eigenvalue weighted by Gasteiger charge is -2.40. The summed E-state index contributed by atoms with van der Waals surface area (Å²) in [6.45, 7) is 19.1. The SMILES string of the molecule is Cc1cc(C)cc(OC(C)(C)C(C)(C)Sc2nc(-c3ccc(C(C)(C)C)cc3)nc3cc(=O)[nH]n23)c1. The fraction of sp³-hybridized carbons (Fsp3) is 0.414. The number of nitrogens with one attached hydrogen (secondary N) is 1. The largest absolute Gasteiger partial charge is 0.486 e. The summed E-state index contributed by atoms with van der Waals surface area (Å²) in [5, 5.41) is 3.50. The van der Waals surface area contributed by atoms with Crippen LogP contribution in [0.3, 0.4) is 0 Å². The third-order valence-corrected chi connectivity index (χ3v) is 8.16. The third kappa shape index (κ3) is 5.36. The van der Waals surface area contributed by atoms with Gasteiger partial charge in [0, 0.05) is 11.6 Å². The number of thioether (sulfide) groups is 1. The maximum absolute atomic E-state index is 12.2. The first-order valence-corrected chi connectivity index (χ1v) is 13.0. The van der Waals surface area contributed by atoms with Crippen LogP contribution in [-0.4, -0.2) is 29.9 Å². The third-order valence-electron chi connectivity index (χ3n) is 6.70. The maximum Gasteiger partial charge on any atom is 0.266 e. The number of ether oxygens (including phenoxy) is 1. The maximum atomic E-state index is 12.2. The molecule has 0 amide bonds. The molecule has 0 aliphatic rings. The molecule has 0 saturated heterocycles. The lowest BCUT2D eigenvalue weighted by molar-refractivity contribution is 0.0766. The van der Waals surface area contributed by atoms with Crippen LogP contribution in [0.4, 0.5) is 0 Å². The predicted molar refractivity (Wildman–Crippen MR) is 148 cm³/mol. The summed E-state index contributed by atoms with van der Waals surface area (Å²) in [5.74, 6) is 1.42. The van der Waals surface area contributed by atoms with Gasteiger partial charge in [-0.05, 0) is 75.8 Å². The van der Waals surface area contributed by atoms with Crippen molar-refractivity contribution >= 4 is 17.4 Å². The zero-order valence-corrected chi connectivity index (χ0v) is 23.5. The zero-order valence-electron chi connectivity index (χ0n) is 22.7. The van der Waals surface area contributed by atoms with Gasteiger partial charge in [-0.15, -0.1) is 0 Å². The molecule has 0 spiro atoms. The van der Waals surface area contributed by atoms with Crippen LogP contribution in [0.25, 0.3) is 17.0 Å². The average molecular weight is 505 g/mol. The minimum Gasteiger partial charge on any atom is -0.486 e. The van der Waals surface area contributed by atoms with Gasteiger partial charge in [-0.25, -0.2) is 14.5 Å². The van der Waals surface area contributed by atoms with Gasteiger partial charge < -0.3 is 4.74 Å². The summed E-state index contributed by atoms with van der Waals surface area (Å²) in [6.07, 6.45) is 0. The molecule has 2 heterocycles. The van der Waals surface area contributed by atoms with E-state index >= 15 is 0 Å². The van der Waals surface area contributed by atoms with E-state index < -0.39 is 10.3 Å². The molecule has 0 saturated carbocycles. The van der Waals surface area contributed by atoms with Crippen LogP contribution in [0.5, 0.6) is 5.75 Å². The smallest absolute Gasteiger partial charge is 0.266 e. The normalized spacial score (nSPS) is 12.8. The number of hydrogen-bond acceptors (Lipinski definition) is 5. The van der Waals surface area contributed by atoms with Gasteiger partial charge in [-0.2, -0.15) is 0 Å². The van der Waals surface area contributed by atoms with E-state index in [2.05, 4.69) is 103 Å². The highest BCUT2D eigenvalue weighted by Crippen LogP contribution is 2.42. The van der Waals surface area contributed by atoms with Crippen LogP contribution in [-0.2, 0) is 5.41 Å². The van der Waals surface area contributed by atoms with E-state index in [-0.39, 0.29) is 11.0 Å². The van der Waals surface area contributed by atoms with Crippen LogP contribution in [0.1, 0.15) is 65.2 Å². The monoisotopic (exact) mass is 504 g/mol. The second-order valence-electron chi connectivity index (χ2n) is 11.5. The van der Waals surface area contributed by atoms with Gasteiger partial charge >= 0.3 is 0 Å². The van der Waals surface area contributed by atoms with E-state index in [0.717, 1.165) is 22.4 Å². The van der Waals surface area contributed by atoms with E-state index in [1.165, 1.54) is 11.6 Å². The molecule has 190 valence electrons. The number of aryl methyl sites for hydroxylation is 2. The molecule has 2 aromatic carbocycles. The molecule has 0 atom stereocenters. The van der Waals surface area contributed by atoms with Crippen LogP contribution in [0.2, 0.25) is 0 Å². The first-order valence-electron chi connectivity index (χ1n) is 12.2. The second-order valence-corrected chi connectivity index (χ2v) is 13.1. The summed E-state index contributed by atoms with van der Waals surface area (Å²) in [5.41, 5.74) is 4.30. The first kappa shape index (κ1) is 26.0. The molecular formula is C29H36N4O2S. The molecular weight excluding hydrogens is 468 g/mol. The van der Waals surface area contributed by atoms with Gasteiger partial charge in [-0.1, -0.05) is 62.9 Å². The average Bonchev–Trinajstić information content (AvgIpc) is 3.12. The van der Waals surface area contributed by atoms with Crippen molar-refractivity contribution in [3.05, 3.63) is 75.6 Å². The summed E-state index contributed by atoms with van der Waals surface area (Å²) in [6, 6.07) is 16.1. The van der Waals surface area contributed by atoms with Crippen LogP contribution in [0, 0.1) is 13.8 Å². The Morgan fingerprint density at radius 1 is 0.861 bits per heavy atom. The molecule has 0 radical (unpaired) electrons. The molecule has 0 fully saturated rings. The quantitative estimate of drug-likeness (QED) is 0.295. The number of nitrogens with zero attached hydrogens (tertiary/aromatic N) is 3. The van der Waals surface area contributed by atoms with Crippen molar-refractivity contribution in [1.29, 1.82) is 0 Å². The van der Waals surface area contributed by atoms with E-state index in [1.54, 1.807) is 16.3 Å². The molecule has 0 bridgehead atoms. The van der Waals surface area contributed by atoms with Crippen molar-refractivity contribution in [2.24, 2.45) is 0 Å². The van der Waals surface area contributed by atoms with Gasteiger partial charge in [0.1, 0.15) is 11.4 Å². The molecule has 4 rings (SSSR count). The summed E-state index contributed by atoms with van der Waals surface area (Å²) in [7, 11) is 0. The number of hydrogen-bond donors (Lipinski definition) is 1. The topological polar surface area (TPSA) is 72.3 Å². The number of aromatic nitrogens is 4. The zero-order chi connectivity index (χ0) is 26.5. The summed E-state index contributed by atoms with van der Waals surface area (Å²) >= 11 is 1.56. The molecule has 0 unspecified atom stereocenters. The Hall–Kier alpha value is -3.06. The Bertz CT molecular complexity index is 1440. The molecule has 0 aliphatic heterocycles. The second kappa shape index (κ2) is 9.11. The van der Waals surface area contributed by atoms with Crippen molar-refractivity contribution in [3.63, 3.8) is 0 Å². The fourth-order valence-corrected chi connectivity index (χ4v) is 5.07. The van der Waals surface area contributed by atoms with Crippen molar-refractivity contribution in [3.8, 4) is 17.1 Å².